The SMILES string of the molecule is CCC(NC(=O)Cc1csc(N)n1)c1ccc(OC)cc1. The third-order valence-corrected chi connectivity index (χ3v) is 3.90. The van der Waals surface area contributed by atoms with Crippen LogP contribution in [0.3, 0.4) is 0 Å². The van der Waals surface area contributed by atoms with Gasteiger partial charge in [-0.3, -0.25) is 4.79 Å². The number of benzene rings is 1. The molecule has 0 aliphatic carbocycles. The van der Waals surface area contributed by atoms with Gasteiger partial charge in [0.15, 0.2) is 5.13 Å². The average molecular weight is 305 g/mol. The Morgan fingerprint density at radius 3 is 2.67 bits per heavy atom. The molecule has 0 radical (unpaired) electrons. The molecule has 112 valence electrons. The molecule has 0 aliphatic heterocycles. The van der Waals surface area contributed by atoms with E-state index in [-0.39, 0.29) is 18.4 Å². The number of carbonyl (C=O) groups is 1. The van der Waals surface area contributed by atoms with Crippen LogP contribution in [-0.4, -0.2) is 18.0 Å². The highest BCUT2D eigenvalue weighted by atomic mass is 32.1. The Kier molecular flexibility index (Phi) is 5.16. The van der Waals surface area contributed by atoms with E-state index in [1.807, 2.05) is 36.6 Å². The van der Waals surface area contributed by atoms with Crippen LogP contribution < -0.4 is 15.8 Å². The largest absolute Gasteiger partial charge is 0.497 e. The van der Waals surface area contributed by atoms with Crippen molar-refractivity contribution in [1.29, 1.82) is 0 Å². The molecule has 6 heteroatoms. The molecule has 1 unspecified atom stereocenters. The van der Waals surface area contributed by atoms with Crippen LogP contribution in [0.5, 0.6) is 5.75 Å². The normalized spacial score (nSPS) is 11.9. The maximum absolute atomic E-state index is 12.1. The second kappa shape index (κ2) is 7.08. The Hall–Kier alpha value is -2.08. The number of nitrogen functional groups attached to an aromatic ring is 1. The highest BCUT2D eigenvalue weighted by molar-refractivity contribution is 7.13. The molecule has 0 saturated heterocycles. The number of rotatable bonds is 6. The summed E-state index contributed by atoms with van der Waals surface area (Å²) in [6, 6.07) is 7.71. The Labute approximate surface area is 128 Å². The van der Waals surface area contributed by atoms with E-state index in [0.717, 1.165) is 17.7 Å². The van der Waals surface area contributed by atoms with E-state index < -0.39 is 0 Å². The molecule has 21 heavy (non-hydrogen) atoms. The molecule has 3 N–H and O–H groups in total. The van der Waals surface area contributed by atoms with Crippen molar-refractivity contribution in [3.63, 3.8) is 0 Å². The average Bonchev–Trinajstić information content (AvgIpc) is 2.90. The fourth-order valence-corrected chi connectivity index (χ4v) is 2.63. The summed E-state index contributed by atoms with van der Waals surface area (Å²) in [4.78, 5) is 16.2. The fourth-order valence-electron chi connectivity index (χ4n) is 2.07. The number of nitrogens with zero attached hydrogens (tertiary/aromatic N) is 1. The molecule has 2 rings (SSSR count). The molecule has 1 aromatic carbocycles. The predicted octanol–water partition coefficient (Wildman–Crippen LogP) is 2.54. The van der Waals surface area contributed by atoms with E-state index in [0.29, 0.717) is 10.8 Å². The Bertz CT molecular complexity index is 595. The number of aromatic nitrogens is 1. The number of thiazole rings is 1. The lowest BCUT2D eigenvalue weighted by Crippen LogP contribution is -2.29. The van der Waals surface area contributed by atoms with Gasteiger partial charge in [0.05, 0.1) is 25.3 Å². The summed E-state index contributed by atoms with van der Waals surface area (Å²) in [5.41, 5.74) is 7.33. The minimum Gasteiger partial charge on any atom is -0.497 e. The zero-order valence-corrected chi connectivity index (χ0v) is 12.9. The highest BCUT2D eigenvalue weighted by Gasteiger charge is 2.14. The minimum atomic E-state index is -0.0528. The summed E-state index contributed by atoms with van der Waals surface area (Å²) in [6.07, 6.45) is 1.07. The van der Waals surface area contributed by atoms with E-state index in [2.05, 4.69) is 10.3 Å². The smallest absolute Gasteiger partial charge is 0.226 e. The molecule has 1 heterocycles. The molecule has 0 fully saturated rings. The molecule has 1 amide bonds. The first kappa shape index (κ1) is 15.3. The highest BCUT2D eigenvalue weighted by Crippen LogP contribution is 2.20. The molecule has 0 spiro atoms. The Balaban J connectivity index is 1.98. The lowest BCUT2D eigenvalue weighted by Gasteiger charge is -2.17. The summed E-state index contributed by atoms with van der Waals surface area (Å²) >= 11 is 1.34. The molecule has 1 atom stereocenters. The number of carbonyl (C=O) groups excluding carboxylic acids is 1. The number of nitrogens with two attached hydrogens (primary N) is 1. The zero-order chi connectivity index (χ0) is 15.2. The summed E-state index contributed by atoms with van der Waals surface area (Å²) in [5, 5.41) is 5.32. The molecular formula is C15H19N3O2S. The number of hydrogen-bond donors (Lipinski definition) is 2. The second-order valence-corrected chi connectivity index (χ2v) is 5.55. The first-order valence-corrected chi connectivity index (χ1v) is 7.63. The van der Waals surface area contributed by atoms with Crippen LogP contribution in [0.2, 0.25) is 0 Å². The maximum Gasteiger partial charge on any atom is 0.226 e. The van der Waals surface area contributed by atoms with E-state index in [9.17, 15) is 4.79 Å². The summed E-state index contributed by atoms with van der Waals surface area (Å²) in [7, 11) is 1.63. The third-order valence-electron chi connectivity index (χ3n) is 3.17. The number of methoxy groups -OCH3 is 1. The van der Waals surface area contributed by atoms with Crippen molar-refractivity contribution in [2.75, 3.05) is 12.8 Å². The van der Waals surface area contributed by atoms with Crippen molar-refractivity contribution >= 4 is 22.4 Å². The van der Waals surface area contributed by atoms with E-state index in [4.69, 9.17) is 10.5 Å². The number of amides is 1. The maximum atomic E-state index is 12.1. The van der Waals surface area contributed by atoms with Crippen LogP contribution in [-0.2, 0) is 11.2 Å². The van der Waals surface area contributed by atoms with Crippen LogP contribution in [0.25, 0.3) is 0 Å². The van der Waals surface area contributed by atoms with Crippen molar-refractivity contribution in [3.05, 3.63) is 40.9 Å². The third kappa shape index (κ3) is 4.19. The van der Waals surface area contributed by atoms with Gasteiger partial charge in [-0.05, 0) is 24.1 Å². The van der Waals surface area contributed by atoms with Crippen molar-refractivity contribution in [1.82, 2.24) is 10.3 Å². The summed E-state index contributed by atoms with van der Waals surface area (Å²) in [6.45, 7) is 2.04. The molecule has 0 aliphatic rings. The number of hydrogen-bond acceptors (Lipinski definition) is 5. The molecule has 0 saturated carbocycles. The summed E-state index contributed by atoms with van der Waals surface area (Å²) < 4.78 is 5.14. The summed E-state index contributed by atoms with van der Waals surface area (Å²) in [5.74, 6) is 0.751. The minimum absolute atomic E-state index is 0.0145. The quantitative estimate of drug-likeness (QED) is 0.860. The number of anilines is 1. The number of nitrogens with one attached hydrogen (secondary N) is 1. The van der Waals surface area contributed by atoms with Crippen LogP contribution in [0.4, 0.5) is 5.13 Å². The van der Waals surface area contributed by atoms with Gasteiger partial charge in [-0.2, -0.15) is 0 Å². The molecular weight excluding hydrogens is 286 g/mol. The van der Waals surface area contributed by atoms with Crippen LogP contribution in [0.15, 0.2) is 29.6 Å². The monoisotopic (exact) mass is 305 g/mol. The van der Waals surface area contributed by atoms with E-state index in [1.54, 1.807) is 7.11 Å². The first-order chi connectivity index (χ1) is 10.1. The van der Waals surface area contributed by atoms with E-state index >= 15 is 0 Å². The van der Waals surface area contributed by atoms with Gasteiger partial charge < -0.3 is 15.8 Å². The topological polar surface area (TPSA) is 77.2 Å². The van der Waals surface area contributed by atoms with Crippen molar-refractivity contribution in [3.8, 4) is 5.75 Å². The van der Waals surface area contributed by atoms with Gasteiger partial charge in [0, 0.05) is 5.38 Å². The molecule has 1 aromatic heterocycles. The van der Waals surface area contributed by atoms with Gasteiger partial charge in [0.2, 0.25) is 5.91 Å². The van der Waals surface area contributed by atoms with Gasteiger partial charge in [0.1, 0.15) is 5.75 Å². The number of ether oxygens (including phenoxy) is 1. The Morgan fingerprint density at radius 1 is 1.43 bits per heavy atom. The van der Waals surface area contributed by atoms with E-state index in [1.165, 1.54) is 11.3 Å². The molecule has 0 bridgehead atoms. The lowest BCUT2D eigenvalue weighted by atomic mass is 10.0. The predicted molar refractivity (Wildman–Crippen MR) is 84.4 cm³/mol. The van der Waals surface area contributed by atoms with Crippen LogP contribution >= 0.6 is 11.3 Å². The van der Waals surface area contributed by atoms with Gasteiger partial charge in [-0.25, -0.2) is 4.98 Å². The van der Waals surface area contributed by atoms with Crippen molar-refractivity contribution < 1.29 is 9.53 Å². The Morgan fingerprint density at radius 2 is 2.14 bits per heavy atom. The van der Waals surface area contributed by atoms with Gasteiger partial charge >= 0.3 is 0 Å². The molecule has 2 aromatic rings. The first-order valence-electron chi connectivity index (χ1n) is 6.75. The standard InChI is InChI=1S/C15H19N3O2S/c1-3-13(10-4-6-12(20-2)7-5-10)18-14(19)8-11-9-21-15(16)17-11/h4-7,9,13H,3,8H2,1-2H3,(H2,16,17)(H,18,19). The second-order valence-electron chi connectivity index (χ2n) is 4.66. The van der Waals surface area contributed by atoms with Gasteiger partial charge in [0.25, 0.3) is 0 Å². The fraction of sp³-hybridized carbons (Fsp3) is 0.333. The van der Waals surface area contributed by atoms with Crippen molar-refractivity contribution in [2.24, 2.45) is 0 Å². The van der Waals surface area contributed by atoms with Crippen LogP contribution in [0, 0.1) is 0 Å². The van der Waals surface area contributed by atoms with Gasteiger partial charge in [-0.1, -0.05) is 19.1 Å². The molecule has 5 nitrogen and oxygen atoms in total. The van der Waals surface area contributed by atoms with Crippen molar-refractivity contribution in [2.45, 2.75) is 25.8 Å². The van der Waals surface area contributed by atoms with Gasteiger partial charge in [-0.15, -0.1) is 11.3 Å². The zero-order valence-electron chi connectivity index (χ0n) is 12.1. The lowest BCUT2D eigenvalue weighted by molar-refractivity contribution is -0.121. The van der Waals surface area contributed by atoms with Crippen LogP contribution in [0.1, 0.15) is 30.6 Å².